The van der Waals surface area contributed by atoms with E-state index in [9.17, 15) is 13.2 Å². The molecular formula is C8H12F3N3. The number of H-pyrrole nitrogens is 1. The monoisotopic (exact) mass is 207 g/mol. The van der Waals surface area contributed by atoms with Crippen LogP contribution in [0.3, 0.4) is 0 Å². The van der Waals surface area contributed by atoms with Gasteiger partial charge in [-0.05, 0) is 12.8 Å². The maximum absolute atomic E-state index is 11.7. The Morgan fingerprint density at radius 1 is 1.36 bits per heavy atom. The molecule has 0 saturated carbocycles. The maximum atomic E-state index is 11.7. The van der Waals surface area contributed by atoms with Gasteiger partial charge < -0.3 is 10.7 Å². The van der Waals surface area contributed by atoms with Gasteiger partial charge in [0.1, 0.15) is 11.6 Å². The van der Waals surface area contributed by atoms with Gasteiger partial charge in [0.2, 0.25) is 0 Å². The molecular weight excluding hydrogens is 195 g/mol. The standard InChI is InChI=1S/C8H12F3N3/c9-8(10,11)4-2-1-3-7-13-5-6(12)14-7/h5H,1-4,12H2,(H,13,14). The fourth-order valence-electron chi connectivity index (χ4n) is 1.12. The Hall–Kier alpha value is -1.20. The Labute approximate surface area is 79.5 Å². The molecule has 0 unspecified atom stereocenters. The number of nitrogens with one attached hydrogen (secondary N) is 1. The molecule has 0 saturated heterocycles. The molecule has 0 aliphatic heterocycles. The van der Waals surface area contributed by atoms with Crippen molar-refractivity contribution < 1.29 is 13.2 Å². The molecule has 1 rings (SSSR count). The third kappa shape index (κ3) is 4.15. The molecule has 6 heteroatoms. The summed E-state index contributed by atoms with van der Waals surface area (Å²) in [5.74, 6) is 1.08. The van der Waals surface area contributed by atoms with Crippen LogP contribution in [0.1, 0.15) is 25.1 Å². The van der Waals surface area contributed by atoms with Gasteiger partial charge in [0, 0.05) is 12.8 Å². The minimum atomic E-state index is -4.05. The molecule has 0 atom stereocenters. The van der Waals surface area contributed by atoms with E-state index in [1.807, 2.05) is 0 Å². The first-order valence-electron chi connectivity index (χ1n) is 4.33. The first-order chi connectivity index (χ1) is 6.47. The normalized spacial score (nSPS) is 11.9. The van der Waals surface area contributed by atoms with Crippen LogP contribution in [0.5, 0.6) is 0 Å². The number of halogens is 3. The summed E-state index contributed by atoms with van der Waals surface area (Å²) in [5, 5.41) is 0. The van der Waals surface area contributed by atoms with Crippen LogP contribution in [0.2, 0.25) is 0 Å². The highest BCUT2D eigenvalue weighted by Gasteiger charge is 2.25. The van der Waals surface area contributed by atoms with Crippen LogP contribution < -0.4 is 5.73 Å². The van der Waals surface area contributed by atoms with Crippen LogP contribution in [0.25, 0.3) is 0 Å². The largest absolute Gasteiger partial charge is 0.389 e. The molecule has 0 radical (unpaired) electrons. The minimum absolute atomic E-state index is 0.129. The Morgan fingerprint density at radius 2 is 2.07 bits per heavy atom. The van der Waals surface area contributed by atoms with Crippen molar-refractivity contribution in [2.45, 2.75) is 31.9 Å². The number of aromatic nitrogens is 2. The molecule has 0 aliphatic carbocycles. The third-order valence-corrected chi connectivity index (χ3v) is 1.77. The Balaban J connectivity index is 2.16. The van der Waals surface area contributed by atoms with Crippen LogP contribution in [-0.4, -0.2) is 16.1 Å². The molecule has 3 N–H and O–H groups in total. The predicted octanol–water partition coefficient (Wildman–Crippen LogP) is 2.27. The van der Waals surface area contributed by atoms with Crippen molar-refractivity contribution in [2.75, 3.05) is 5.73 Å². The Bertz CT molecular complexity index is 280. The van der Waals surface area contributed by atoms with Gasteiger partial charge in [-0.3, -0.25) is 0 Å². The molecule has 1 aromatic rings. The first-order valence-corrected chi connectivity index (χ1v) is 4.33. The lowest BCUT2D eigenvalue weighted by Crippen LogP contribution is -2.06. The van der Waals surface area contributed by atoms with E-state index in [1.54, 1.807) is 0 Å². The van der Waals surface area contributed by atoms with Crippen molar-refractivity contribution in [3.05, 3.63) is 12.0 Å². The number of nitrogen functional groups attached to an aromatic ring is 1. The van der Waals surface area contributed by atoms with Crippen molar-refractivity contribution in [3.63, 3.8) is 0 Å². The summed E-state index contributed by atoms with van der Waals surface area (Å²) in [6, 6.07) is 0. The third-order valence-electron chi connectivity index (χ3n) is 1.77. The van der Waals surface area contributed by atoms with Crippen molar-refractivity contribution in [1.82, 2.24) is 9.97 Å². The van der Waals surface area contributed by atoms with Gasteiger partial charge in [0.15, 0.2) is 0 Å². The van der Waals surface area contributed by atoms with Crippen LogP contribution >= 0.6 is 0 Å². The van der Waals surface area contributed by atoms with Crippen molar-refractivity contribution in [1.29, 1.82) is 0 Å². The molecule has 0 fully saturated rings. The van der Waals surface area contributed by atoms with E-state index >= 15 is 0 Å². The zero-order valence-corrected chi connectivity index (χ0v) is 7.56. The molecule has 14 heavy (non-hydrogen) atoms. The summed E-state index contributed by atoms with van der Waals surface area (Å²) in [5.41, 5.74) is 5.35. The quantitative estimate of drug-likeness (QED) is 0.744. The maximum Gasteiger partial charge on any atom is 0.389 e. The van der Waals surface area contributed by atoms with Gasteiger partial charge in [0.25, 0.3) is 0 Å². The SMILES string of the molecule is Nc1cnc(CCCCC(F)(F)F)[nH]1. The van der Waals surface area contributed by atoms with E-state index in [2.05, 4.69) is 9.97 Å². The average molecular weight is 207 g/mol. The topological polar surface area (TPSA) is 54.7 Å². The van der Waals surface area contributed by atoms with Gasteiger partial charge in [-0.25, -0.2) is 4.98 Å². The van der Waals surface area contributed by atoms with Crippen molar-refractivity contribution in [2.24, 2.45) is 0 Å². The fraction of sp³-hybridized carbons (Fsp3) is 0.625. The molecule has 0 aliphatic rings. The lowest BCUT2D eigenvalue weighted by Gasteiger charge is -2.04. The first kappa shape index (κ1) is 10.9. The van der Waals surface area contributed by atoms with Crippen molar-refractivity contribution >= 4 is 5.82 Å². The average Bonchev–Trinajstić information content (AvgIpc) is 2.44. The lowest BCUT2D eigenvalue weighted by atomic mass is 10.2. The Kier molecular flexibility index (Phi) is 3.38. The van der Waals surface area contributed by atoms with Crippen molar-refractivity contribution in [3.8, 4) is 0 Å². The van der Waals surface area contributed by atoms with E-state index in [0.717, 1.165) is 0 Å². The number of aryl methyl sites for hydroxylation is 1. The number of unbranched alkanes of at least 4 members (excludes halogenated alkanes) is 1. The molecule has 80 valence electrons. The number of rotatable bonds is 4. The number of hydrogen-bond donors (Lipinski definition) is 2. The lowest BCUT2D eigenvalue weighted by molar-refractivity contribution is -0.135. The number of hydrogen-bond acceptors (Lipinski definition) is 2. The molecule has 0 spiro atoms. The summed E-state index contributed by atoms with van der Waals surface area (Å²) in [4.78, 5) is 6.65. The van der Waals surface area contributed by atoms with Gasteiger partial charge in [-0.15, -0.1) is 0 Å². The zero-order chi connectivity index (χ0) is 10.6. The van der Waals surface area contributed by atoms with E-state index in [1.165, 1.54) is 6.20 Å². The second kappa shape index (κ2) is 4.34. The van der Waals surface area contributed by atoms with E-state index < -0.39 is 12.6 Å². The van der Waals surface area contributed by atoms with Gasteiger partial charge in [0.05, 0.1) is 6.20 Å². The number of alkyl halides is 3. The highest BCUT2D eigenvalue weighted by Crippen LogP contribution is 2.22. The molecule has 1 heterocycles. The summed E-state index contributed by atoms with van der Waals surface area (Å²) in [6.07, 6.45) is -2.23. The van der Waals surface area contributed by atoms with Gasteiger partial charge in [-0.2, -0.15) is 13.2 Å². The fourth-order valence-corrected chi connectivity index (χ4v) is 1.12. The van der Waals surface area contributed by atoms with Crippen LogP contribution in [0.15, 0.2) is 6.20 Å². The highest BCUT2D eigenvalue weighted by molar-refractivity contribution is 5.24. The molecule has 0 aromatic carbocycles. The summed E-state index contributed by atoms with van der Waals surface area (Å²) >= 11 is 0. The zero-order valence-electron chi connectivity index (χ0n) is 7.56. The summed E-state index contributed by atoms with van der Waals surface area (Å²) in [7, 11) is 0. The molecule has 3 nitrogen and oxygen atoms in total. The molecule has 0 bridgehead atoms. The van der Waals surface area contributed by atoms with E-state index in [-0.39, 0.29) is 6.42 Å². The molecule has 0 amide bonds. The number of nitrogens with two attached hydrogens (primary N) is 1. The van der Waals surface area contributed by atoms with Gasteiger partial charge in [-0.1, -0.05) is 0 Å². The smallest absolute Gasteiger partial charge is 0.384 e. The molecule has 1 aromatic heterocycles. The second-order valence-corrected chi connectivity index (χ2v) is 3.11. The number of imidazole rings is 1. The van der Waals surface area contributed by atoms with Crippen LogP contribution in [-0.2, 0) is 6.42 Å². The van der Waals surface area contributed by atoms with E-state index in [0.29, 0.717) is 24.5 Å². The highest BCUT2D eigenvalue weighted by atomic mass is 19.4. The number of nitrogens with zero attached hydrogens (tertiary/aromatic N) is 1. The number of anilines is 1. The van der Waals surface area contributed by atoms with E-state index in [4.69, 9.17) is 5.73 Å². The summed E-state index contributed by atoms with van der Waals surface area (Å²) < 4.78 is 35.2. The summed E-state index contributed by atoms with van der Waals surface area (Å²) in [6.45, 7) is 0. The van der Waals surface area contributed by atoms with Gasteiger partial charge >= 0.3 is 6.18 Å². The predicted molar refractivity (Wildman–Crippen MR) is 46.6 cm³/mol. The second-order valence-electron chi connectivity index (χ2n) is 3.11. The minimum Gasteiger partial charge on any atom is -0.384 e. The van der Waals surface area contributed by atoms with Crippen LogP contribution in [0.4, 0.5) is 19.0 Å². The Morgan fingerprint density at radius 3 is 2.57 bits per heavy atom. The number of aromatic amines is 1. The van der Waals surface area contributed by atoms with Crippen LogP contribution in [0, 0.1) is 0 Å².